The summed E-state index contributed by atoms with van der Waals surface area (Å²) < 4.78 is 13.7. The van der Waals surface area contributed by atoms with Crippen molar-refractivity contribution in [1.82, 2.24) is 0 Å². The largest absolute Gasteiger partial charge is 0.398 e. The molecule has 2 aromatic rings. The monoisotopic (exact) mass is 272 g/mol. The molecule has 0 unspecified atom stereocenters. The van der Waals surface area contributed by atoms with Gasteiger partial charge in [0.2, 0.25) is 0 Å². The summed E-state index contributed by atoms with van der Waals surface area (Å²) in [6.07, 6.45) is 0. The number of hydrogen-bond donors (Lipinski definition) is 1. The minimum absolute atomic E-state index is 0.339. The average Bonchev–Trinajstić information content (AvgIpc) is 2.41. The second kappa shape index (κ2) is 5.77. The second-order valence-electron chi connectivity index (χ2n) is 4.18. The molecule has 0 aliphatic carbocycles. The molecule has 2 rings (SSSR count). The molecular formula is C15H13FN2S. The molecule has 0 radical (unpaired) electrons. The highest BCUT2D eigenvalue weighted by atomic mass is 32.2. The summed E-state index contributed by atoms with van der Waals surface area (Å²) in [6, 6.07) is 12.2. The molecule has 2 nitrogen and oxygen atoms in total. The Morgan fingerprint density at radius 1 is 1.32 bits per heavy atom. The van der Waals surface area contributed by atoms with Gasteiger partial charge in [-0.15, -0.1) is 11.8 Å². The summed E-state index contributed by atoms with van der Waals surface area (Å²) >= 11 is 1.54. The van der Waals surface area contributed by atoms with Crippen LogP contribution in [0.5, 0.6) is 0 Å². The van der Waals surface area contributed by atoms with Crippen LogP contribution in [0.25, 0.3) is 0 Å². The van der Waals surface area contributed by atoms with Gasteiger partial charge in [-0.05, 0) is 42.3 Å². The SMILES string of the molecule is Cc1c(N)cccc1SCc1ccc(C#N)cc1F. The van der Waals surface area contributed by atoms with Gasteiger partial charge in [-0.25, -0.2) is 4.39 Å². The number of nitrogens with two attached hydrogens (primary N) is 1. The summed E-state index contributed by atoms with van der Waals surface area (Å²) in [5.41, 5.74) is 8.52. The lowest BCUT2D eigenvalue weighted by Gasteiger charge is -2.08. The van der Waals surface area contributed by atoms with Crippen LogP contribution in [0.2, 0.25) is 0 Å². The van der Waals surface area contributed by atoms with Crippen LogP contribution in [0.1, 0.15) is 16.7 Å². The Morgan fingerprint density at radius 3 is 2.79 bits per heavy atom. The smallest absolute Gasteiger partial charge is 0.128 e. The van der Waals surface area contributed by atoms with E-state index in [1.807, 2.05) is 31.2 Å². The fourth-order valence-corrected chi connectivity index (χ4v) is 2.73. The Balaban J connectivity index is 2.15. The first kappa shape index (κ1) is 13.4. The number of hydrogen-bond acceptors (Lipinski definition) is 3. The first-order chi connectivity index (χ1) is 9.11. The molecule has 0 aliphatic rings. The molecule has 2 N–H and O–H groups in total. The number of halogens is 1. The number of anilines is 1. The van der Waals surface area contributed by atoms with Crippen LogP contribution in [0.15, 0.2) is 41.3 Å². The molecule has 0 saturated carbocycles. The van der Waals surface area contributed by atoms with Crippen LogP contribution in [-0.2, 0) is 5.75 Å². The molecule has 0 fully saturated rings. The quantitative estimate of drug-likeness (QED) is 0.681. The summed E-state index contributed by atoms with van der Waals surface area (Å²) in [4.78, 5) is 1.05. The van der Waals surface area contributed by atoms with Gasteiger partial charge in [0.1, 0.15) is 5.82 Å². The van der Waals surface area contributed by atoms with Crippen molar-refractivity contribution in [1.29, 1.82) is 5.26 Å². The lowest BCUT2D eigenvalue weighted by molar-refractivity contribution is 0.617. The molecule has 96 valence electrons. The van der Waals surface area contributed by atoms with Gasteiger partial charge in [-0.2, -0.15) is 5.26 Å². The minimum atomic E-state index is -0.340. The molecular weight excluding hydrogens is 259 g/mol. The van der Waals surface area contributed by atoms with Crippen molar-refractivity contribution in [2.75, 3.05) is 5.73 Å². The highest BCUT2D eigenvalue weighted by Crippen LogP contribution is 2.29. The van der Waals surface area contributed by atoms with E-state index in [2.05, 4.69) is 0 Å². The maximum atomic E-state index is 13.7. The van der Waals surface area contributed by atoms with Gasteiger partial charge in [0, 0.05) is 16.3 Å². The first-order valence-electron chi connectivity index (χ1n) is 5.78. The fourth-order valence-electron chi connectivity index (χ4n) is 1.68. The van der Waals surface area contributed by atoms with Crippen molar-refractivity contribution in [3.8, 4) is 6.07 Å². The normalized spacial score (nSPS) is 10.2. The van der Waals surface area contributed by atoms with Crippen molar-refractivity contribution in [2.24, 2.45) is 0 Å². The predicted molar refractivity (Wildman–Crippen MR) is 76.3 cm³/mol. The maximum absolute atomic E-state index is 13.7. The van der Waals surface area contributed by atoms with E-state index in [-0.39, 0.29) is 5.82 Å². The van der Waals surface area contributed by atoms with Gasteiger partial charge in [-0.3, -0.25) is 0 Å². The lowest BCUT2D eigenvalue weighted by atomic mass is 10.1. The summed E-state index contributed by atoms with van der Waals surface area (Å²) in [7, 11) is 0. The number of nitrogen functional groups attached to an aromatic ring is 1. The Labute approximate surface area is 116 Å². The number of nitrogens with zero attached hydrogens (tertiary/aromatic N) is 1. The number of rotatable bonds is 3. The summed E-state index contributed by atoms with van der Waals surface area (Å²) in [5.74, 6) is 0.176. The van der Waals surface area contributed by atoms with E-state index in [1.54, 1.807) is 12.1 Å². The van der Waals surface area contributed by atoms with Crippen LogP contribution in [0, 0.1) is 24.1 Å². The van der Waals surface area contributed by atoms with Gasteiger partial charge in [0.05, 0.1) is 11.6 Å². The Hall–Kier alpha value is -1.99. The van der Waals surface area contributed by atoms with E-state index in [4.69, 9.17) is 11.0 Å². The van der Waals surface area contributed by atoms with E-state index in [1.165, 1.54) is 17.8 Å². The van der Waals surface area contributed by atoms with Gasteiger partial charge < -0.3 is 5.73 Å². The third kappa shape index (κ3) is 3.07. The number of benzene rings is 2. The van der Waals surface area contributed by atoms with E-state index >= 15 is 0 Å². The molecule has 0 atom stereocenters. The molecule has 0 amide bonds. The number of thioether (sulfide) groups is 1. The van der Waals surface area contributed by atoms with Crippen molar-refractivity contribution in [3.05, 3.63) is 58.9 Å². The molecule has 0 spiro atoms. The van der Waals surface area contributed by atoms with Gasteiger partial charge >= 0.3 is 0 Å². The van der Waals surface area contributed by atoms with Crippen LogP contribution in [0.4, 0.5) is 10.1 Å². The van der Waals surface area contributed by atoms with Crippen molar-refractivity contribution < 1.29 is 4.39 Å². The molecule has 4 heteroatoms. The highest BCUT2D eigenvalue weighted by Gasteiger charge is 2.06. The zero-order valence-corrected chi connectivity index (χ0v) is 11.3. The van der Waals surface area contributed by atoms with E-state index in [0.29, 0.717) is 16.9 Å². The molecule has 0 aliphatic heterocycles. The third-order valence-corrected chi connectivity index (χ3v) is 4.10. The third-order valence-electron chi connectivity index (χ3n) is 2.89. The molecule has 19 heavy (non-hydrogen) atoms. The zero-order chi connectivity index (χ0) is 13.8. The molecule has 0 bridgehead atoms. The Bertz CT molecular complexity index is 647. The molecule has 2 aromatic carbocycles. The molecule has 0 saturated heterocycles. The second-order valence-corrected chi connectivity index (χ2v) is 5.19. The predicted octanol–water partition coefficient (Wildman–Crippen LogP) is 3.88. The van der Waals surface area contributed by atoms with Gasteiger partial charge in [0.25, 0.3) is 0 Å². The zero-order valence-electron chi connectivity index (χ0n) is 10.5. The summed E-state index contributed by atoms with van der Waals surface area (Å²) in [5, 5.41) is 8.69. The maximum Gasteiger partial charge on any atom is 0.128 e. The van der Waals surface area contributed by atoms with Gasteiger partial charge in [0.15, 0.2) is 0 Å². The van der Waals surface area contributed by atoms with E-state index < -0.39 is 0 Å². The van der Waals surface area contributed by atoms with Crippen LogP contribution >= 0.6 is 11.8 Å². The topological polar surface area (TPSA) is 49.8 Å². The van der Waals surface area contributed by atoms with Crippen molar-refractivity contribution in [2.45, 2.75) is 17.6 Å². The Kier molecular flexibility index (Phi) is 4.08. The molecule has 0 heterocycles. The van der Waals surface area contributed by atoms with Crippen LogP contribution in [-0.4, -0.2) is 0 Å². The molecule has 0 aromatic heterocycles. The van der Waals surface area contributed by atoms with Crippen molar-refractivity contribution >= 4 is 17.4 Å². The van der Waals surface area contributed by atoms with Gasteiger partial charge in [-0.1, -0.05) is 12.1 Å². The van der Waals surface area contributed by atoms with E-state index in [9.17, 15) is 4.39 Å². The van der Waals surface area contributed by atoms with E-state index in [0.717, 1.165) is 16.1 Å². The average molecular weight is 272 g/mol. The van der Waals surface area contributed by atoms with Crippen LogP contribution in [0.3, 0.4) is 0 Å². The standard InChI is InChI=1S/C15H13FN2S/c1-10-14(18)3-2-4-15(10)19-9-12-6-5-11(8-17)7-13(12)16/h2-7H,9,18H2,1H3. The first-order valence-corrected chi connectivity index (χ1v) is 6.77. The van der Waals surface area contributed by atoms with Crippen LogP contribution < -0.4 is 5.73 Å². The number of nitriles is 1. The Morgan fingerprint density at radius 2 is 2.11 bits per heavy atom. The summed E-state index contributed by atoms with van der Waals surface area (Å²) in [6.45, 7) is 1.95. The minimum Gasteiger partial charge on any atom is -0.398 e. The highest BCUT2D eigenvalue weighted by molar-refractivity contribution is 7.98. The fraction of sp³-hybridized carbons (Fsp3) is 0.133. The van der Waals surface area contributed by atoms with Crippen molar-refractivity contribution in [3.63, 3.8) is 0 Å². The lowest BCUT2D eigenvalue weighted by Crippen LogP contribution is -1.92.